The largest absolute Gasteiger partial charge is 0.319 e. The average Bonchev–Trinajstić information content (AvgIpc) is 3.20. The summed E-state index contributed by atoms with van der Waals surface area (Å²) < 4.78 is 16.1. The molecule has 0 bridgehead atoms. The number of aromatic nitrogens is 3. The van der Waals surface area contributed by atoms with Crippen molar-refractivity contribution < 1.29 is 9.18 Å². The monoisotopic (exact) mass is 506 g/mol. The Morgan fingerprint density at radius 1 is 1.03 bits per heavy atom. The number of rotatable bonds is 5. The first kappa shape index (κ1) is 22.9. The Labute approximate surface area is 200 Å². The average molecular weight is 507 g/mol. The van der Waals surface area contributed by atoms with E-state index in [1.807, 2.05) is 50.2 Å². The Morgan fingerprint density at radius 3 is 2.42 bits per heavy atom. The molecule has 1 aromatic heterocycles. The molecular weight excluding hydrogens is 483 g/mol. The van der Waals surface area contributed by atoms with Gasteiger partial charge in [0.2, 0.25) is 5.82 Å². The summed E-state index contributed by atoms with van der Waals surface area (Å²) in [5, 5.41) is 7.50. The second kappa shape index (κ2) is 9.27. The molecule has 33 heavy (non-hydrogen) atoms. The van der Waals surface area contributed by atoms with Crippen LogP contribution in [0, 0.1) is 19.7 Å². The van der Waals surface area contributed by atoms with Gasteiger partial charge in [-0.15, -0.1) is 5.10 Å². The third-order valence-corrected chi connectivity index (χ3v) is 5.87. The lowest BCUT2D eigenvalue weighted by atomic mass is 10.0. The maximum atomic E-state index is 13.5. The number of hydrogen-bond donors (Lipinski definition) is 1. The number of halogens is 2. The molecule has 4 aromatic rings. The van der Waals surface area contributed by atoms with Crippen LogP contribution >= 0.6 is 15.9 Å². The summed E-state index contributed by atoms with van der Waals surface area (Å²) in [5.74, 6) is -0.0379. The van der Waals surface area contributed by atoms with Gasteiger partial charge in [-0.25, -0.2) is 14.1 Å². The van der Waals surface area contributed by atoms with Gasteiger partial charge < -0.3 is 5.32 Å². The third kappa shape index (κ3) is 4.88. The molecule has 0 aliphatic carbocycles. The second-order valence-electron chi connectivity index (χ2n) is 8.31. The van der Waals surface area contributed by atoms with Gasteiger partial charge in [0.05, 0.1) is 5.69 Å². The van der Waals surface area contributed by atoms with E-state index in [4.69, 9.17) is 0 Å². The number of carbonyl (C=O) groups excluding carboxylic acids is 1. The summed E-state index contributed by atoms with van der Waals surface area (Å²) >= 11 is 3.49. The number of hydrogen-bond acceptors (Lipinski definition) is 3. The maximum Gasteiger partial charge on any atom is 0.295 e. The molecule has 168 valence electrons. The zero-order valence-electron chi connectivity index (χ0n) is 18.9. The summed E-state index contributed by atoms with van der Waals surface area (Å²) in [4.78, 5) is 17.7. The van der Waals surface area contributed by atoms with E-state index in [1.165, 1.54) is 12.1 Å². The van der Waals surface area contributed by atoms with E-state index in [-0.39, 0.29) is 17.6 Å². The molecule has 5 nitrogen and oxygen atoms in total. The fourth-order valence-electron chi connectivity index (χ4n) is 3.71. The molecule has 0 saturated carbocycles. The van der Waals surface area contributed by atoms with E-state index >= 15 is 0 Å². The van der Waals surface area contributed by atoms with Crippen LogP contribution in [-0.4, -0.2) is 20.7 Å². The van der Waals surface area contributed by atoms with Gasteiger partial charge in [0.25, 0.3) is 5.91 Å². The number of carbonyl (C=O) groups is 1. The molecule has 0 radical (unpaired) electrons. The van der Waals surface area contributed by atoms with Gasteiger partial charge >= 0.3 is 0 Å². The predicted octanol–water partition coefficient (Wildman–Crippen LogP) is 6.83. The highest BCUT2D eigenvalue weighted by Gasteiger charge is 2.21. The van der Waals surface area contributed by atoms with Crippen molar-refractivity contribution in [1.82, 2.24) is 14.8 Å². The number of anilines is 1. The Hall–Kier alpha value is -3.32. The first-order valence-corrected chi connectivity index (χ1v) is 11.4. The summed E-state index contributed by atoms with van der Waals surface area (Å²) in [6.07, 6.45) is 0. The smallest absolute Gasteiger partial charge is 0.295 e. The number of benzene rings is 3. The minimum Gasteiger partial charge on any atom is -0.319 e. The first-order chi connectivity index (χ1) is 15.7. The number of nitrogens with one attached hydrogen (secondary N) is 1. The van der Waals surface area contributed by atoms with Gasteiger partial charge in [-0.05, 0) is 79.4 Å². The molecule has 1 amide bonds. The Bertz CT molecular complexity index is 1330. The van der Waals surface area contributed by atoms with Crippen LogP contribution < -0.4 is 5.32 Å². The normalized spacial score (nSPS) is 11.1. The second-order valence-corrected chi connectivity index (χ2v) is 9.22. The van der Waals surface area contributed by atoms with E-state index in [9.17, 15) is 9.18 Å². The van der Waals surface area contributed by atoms with Gasteiger partial charge in [0, 0.05) is 15.7 Å². The highest BCUT2D eigenvalue weighted by Crippen LogP contribution is 2.29. The van der Waals surface area contributed by atoms with Crippen LogP contribution in [0.15, 0.2) is 65.1 Å². The highest BCUT2D eigenvalue weighted by molar-refractivity contribution is 9.10. The molecule has 0 unspecified atom stereocenters. The van der Waals surface area contributed by atoms with Crippen molar-refractivity contribution >= 4 is 27.5 Å². The lowest BCUT2D eigenvalue weighted by Gasteiger charge is -2.13. The van der Waals surface area contributed by atoms with E-state index < -0.39 is 5.91 Å². The number of nitrogens with zero attached hydrogens (tertiary/aromatic N) is 3. The standard InChI is InChI=1S/C26H24BrFN4O/c1-15(2)21-14-19(27)8-11-22(21)29-26(33)24-30-25(18-6-9-20(28)10-7-18)32(31-24)23-12-5-16(3)13-17(23)4/h5-15H,1-4H3,(H,29,33). The summed E-state index contributed by atoms with van der Waals surface area (Å²) in [7, 11) is 0. The van der Waals surface area contributed by atoms with E-state index in [2.05, 4.69) is 45.2 Å². The van der Waals surface area contributed by atoms with Gasteiger partial charge in [0.15, 0.2) is 5.82 Å². The minimum absolute atomic E-state index is 0.0342. The van der Waals surface area contributed by atoms with Crippen molar-refractivity contribution in [3.8, 4) is 17.1 Å². The molecule has 1 heterocycles. The molecule has 4 rings (SSSR count). The lowest BCUT2D eigenvalue weighted by Crippen LogP contribution is -2.16. The SMILES string of the molecule is Cc1ccc(-n2nc(C(=O)Nc3ccc(Br)cc3C(C)C)nc2-c2ccc(F)cc2)c(C)c1. The molecule has 0 atom stereocenters. The van der Waals surface area contributed by atoms with Gasteiger partial charge in [0.1, 0.15) is 5.82 Å². The van der Waals surface area contributed by atoms with Crippen molar-refractivity contribution in [3.63, 3.8) is 0 Å². The first-order valence-electron chi connectivity index (χ1n) is 10.6. The van der Waals surface area contributed by atoms with Crippen LogP contribution in [0.5, 0.6) is 0 Å². The quantitative estimate of drug-likeness (QED) is 0.322. The highest BCUT2D eigenvalue weighted by atomic mass is 79.9. The van der Waals surface area contributed by atoms with Crippen molar-refractivity contribution in [1.29, 1.82) is 0 Å². The zero-order valence-corrected chi connectivity index (χ0v) is 20.4. The molecule has 7 heteroatoms. The van der Waals surface area contributed by atoms with Gasteiger partial charge in [-0.2, -0.15) is 0 Å². The van der Waals surface area contributed by atoms with E-state index in [0.717, 1.165) is 26.9 Å². The summed E-state index contributed by atoms with van der Waals surface area (Å²) in [6.45, 7) is 8.13. The van der Waals surface area contributed by atoms with Crippen LogP contribution in [0.2, 0.25) is 0 Å². The fourth-order valence-corrected chi connectivity index (χ4v) is 4.09. The van der Waals surface area contributed by atoms with Crippen LogP contribution in [0.4, 0.5) is 10.1 Å². The molecular formula is C26H24BrFN4O. The predicted molar refractivity (Wildman–Crippen MR) is 132 cm³/mol. The van der Waals surface area contributed by atoms with Crippen LogP contribution in [0.3, 0.4) is 0 Å². The number of aryl methyl sites for hydroxylation is 2. The Morgan fingerprint density at radius 2 is 1.76 bits per heavy atom. The minimum atomic E-state index is -0.411. The summed E-state index contributed by atoms with van der Waals surface area (Å²) in [5.41, 5.74) is 5.29. The molecule has 1 N–H and O–H groups in total. The lowest BCUT2D eigenvalue weighted by molar-refractivity contribution is 0.101. The number of amides is 1. The Kier molecular flexibility index (Phi) is 6.42. The van der Waals surface area contributed by atoms with Crippen LogP contribution in [0.1, 0.15) is 47.1 Å². The fraction of sp³-hybridized carbons (Fsp3) is 0.192. The van der Waals surface area contributed by atoms with Crippen LogP contribution in [-0.2, 0) is 0 Å². The molecule has 0 aliphatic heterocycles. The van der Waals surface area contributed by atoms with Crippen molar-refractivity contribution in [3.05, 3.63) is 93.5 Å². The molecule has 3 aromatic carbocycles. The van der Waals surface area contributed by atoms with Crippen molar-refractivity contribution in [2.45, 2.75) is 33.6 Å². The van der Waals surface area contributed by atoms with Crippen molar-refractivity contribution in [2.24, 2.45) is 0 Å². The maximum absolute atomic E-state index is 13.5. The van der Waals surface area contributed by atoms with E-state index in [0.29, 0.717) is 17.1 Å². The molecule has 0 saturated heterocycles. The molecule has 0 spiro atoms. The molecule has 0 fully saturated rings. The topological polar surface area (TPSA) is 59.8 Å². The Balaban J connectivity index is 1.78. The van der Waals surface area contributed by atoms with Gasteiger partial charge in [-0.1, -0.05) is 47.5 Å². The van der Waals surface area contributed by atoms with E-state index in [1.54, 1.807) is 16.8 Å². The van der Waals surface area contributed by atoms with Crippen molar-refractivity contribution in [2.75, 3.05) is 5.32 Å². The summed E-state index contributed by atoms with van der Waals surface area (Å²) in [6, 6.07) is 17.7. The van der Waals surface area contributed by atoms with Crippen LogP contribution in [0.25, 0.3) is 17.1 Å². The zero-order chi connectivity index (χ0) is 23.7. The van der Waals surface area contributed by atoms with Gasteiger partial charge in [-0.3, -0.25) is 4.79 Å². The third-order valence-electron chi connectivity index (χ3n) is 5.38. The molecule has 0 aliphatic rings.